The third-order valence-corrected chi connectivity index (χ3v) is 6.89. The number of ether oxygens (including phenoxy) is 2. The van der Waals surface area contributed by atoms with Gasteiger partial charge in [0.05, 0.1) is 0 Å². The Morgan fingerprint density at radius 3 is 2.19 bits per heavy atom. The van der Waals surface area contributed by atoms with Gasteiger partial charge in [0.25, 0.3) is 0 Å². The Kier molecular flexibility index (Phi) is 9.86. The van der Waals surface area contributed by atoms with Gasteiger partial charge >= 0.3 is 12.1 Å². The zero-order valence-electron chi connectivity index (χ0n) is 22.6. The van der Waals surface area contributed by atoms with Gasteiger partial charge in [-0.2, -0.15) is 0 Å². The van der Waals surface area contributed by atoms with E-state index in [1.54, 1.807) is 11.9 Å². The van der Waals surface area contributed by atoms with E-state index >= 15 is 0 Å². The van der Waals surface area contributed by atoms with Gasteiger partial charge in [-0.05, 0) is 51.2 Å². The maximum atomic E-state index is 13.4. The maximum Gasteiger partial charge on any atom is 0.410 e. The van der Waals surface area contributed by atoms with E-state index in [0.717, 1.165) is 17.4 Å². The number of carbonyl (C=O) groups excluding carboxylic acids is 3. The predicted molar refractivity (Wildman–Crippen MR) is 143 cm³/mol. The van der Waals surface area contributed by atoms with Crippen molar-refractivity contribution in [1.82, 2.24) is 9.80 Å². The van der Waals surface area contributed by atoms with Crippen molar-refractivity contribution in [2.75, 3.05) is 13.6 Å². The molecule has 0 spiro atoms. The summed E-state index contributed by atoms with van der Waals surface area (Å²) < 4.78 is 11.3. The quantitative estimate of drug-likeness (QED) is 0.336. The van der Waals surface area contributed by atoms with E-state index in [2.05, 4.69) is 4.90 Å². The molecule has 1 heterocycles. The number of rotatable bonds is 10. The lowest BCUT2D eigenvalue weighted by molar-refractivity contribution is -0.161. The van der Waals surface area contributed by atoms with Gasteiger partial charge in [0.15, 0.2) is 0 Å². The SMILES string of the molecule is CC[C@@H](C=O)[C@@H](Cc1ccccc1)N1C[C@H](N(C)C(=O)OCc2ccccc2)CC1C(=O)OC(C)(C)C. The van der Waals surface area contributed by atoms with Gasteiger partial charge in [-0.25, -0.2) is 4.79 Å². The molecule has 3 rings (SSSR count). The molecule has 1 aliphatic rings. The fourth-order valence-electron chi connectivity index (χ4n) is 4.89. The molecule has 1 unspecified atom stereocenters. The molecular formula is C30H40N2O5. The molecule has 2 aromatic rings. The Bertz CT molecular complexity index is 1020. The Morgan fingerprint density at radius 2 is 1.65 bits per heavy atom. The minimum Gasteiger partial charge on any atom is -0.459 e. The topological polar surface area (TPSA) is 76.2 Å². The smallest absolute Gasteiger partial charge is 0.410 e. The number of carbonyl (C=O) groups is 3. The normalized spacial score (nSPS) is 19.6. The first-order valence-corrected chi connectivity index (χ1v) is 13.0. The van der Waals surface area contributed by atoms with Gasteiger partial charge in [-0.1, -0.05) is 67.6 Å². The van der Waals surface area contributed by atoms with E-state index in [-0.39, 0.29) is 30.6 Å². The summed E-state index contributed by atoms with van der Waals surface area (Å²) in [5, 5.41) is 0. The third-order valence-electron chi connectivity index (χ3n) is 6.89. The lowest BCUT2D eigenvalue weighted by Gasteiger charge is -2.36. The van der Waals surface area contributed by atoms with Gasteiger partial charge in [-0.3, -0.25) is 9.69 Å². The molecule has 4 atom stereocenters. The second-order valence-electron chi connectivity index (χ2n) is 10.8. The molecule has 37 heavy (non-hydrogen) atoms. The molecule has 0 saturated carbocycles. The highest BCUT2D eigenvalue weighted by Crippen LogP contribution is 2.31. The number of nitrogens with zero attached hydrogens (tertiary/aromatic N) is 2. The summed E-state index contributed by atoms with van der Waals surface area (Å²) >= 11 is 0. The Hall–Kier alpha value is -3.19. The highest BCUT2D eigenvalue weighted by Gasteiger charge is 2.46. The average Bonchev–Trinajstić information content (AvgIpc) is 3.32. The van der Waals surface area contributed by atoms with Crippen molar-refractivity contribution in [3.05, 3.63) is 71.8 Å². The summed E-state index contributed by atoms with van der Waals surface area (Å²) in [5.74, 6) is -0.598. The second kappa shape index (κ2) is 12.9. The molecule has 1 saturated heterocycles. The molecule has 1 amide bonds. The maximum absolute atomic E-state index is 13.4. The van der Waals surface area contributed by atoms with Crippen molar-refractivity contribution >= 4 is 18.3 Å². The monoisotopic (exact) mass is 508 g/mol. The lowest BCUT2D eigenvalue weighted by atomic mass is 9.90. The van der Waals surface area contributed by atoms with Gasteiger partial charge < -0.3 is 19.2 Å². The number of esters is 1. The zero-order chi connectivity index (χ0) is 27.0. The van der Waals surface area contributed by atoms with Crippen LogP contribution in [0.15, 0.2) is 60.7 Å². The lowest BCUT2D eigenvalue weighted by Crippen LogP contribution is -2.50. The largest absolute Gasteiger partial charge is 0.459 e. The Labute approximate surface area is 220 Å². The predicted octanol–water partition coefficient (Wildman–Crippen LogP) is 4.88. The average molecular weight is 509 g/mol. The van der Waals surface area contributed by atoms with Gasteiger partial charge in [0.2, 0.25) is 0 Å². The van der Waals surface area contributed by atoms with Crippen LogP contribution in [0.25, 0.3) is 0 Å². The van der Waals surface area contributed by atoms with Crippen molar-refractivity contribution in [3.63, 3.8) is 0 Å². The first kappa shape index (κ1) is 28.4. The van der Waals surface area contributed by atoms with E-state index in [1.807, 2.05) is 88.4 Å². The molecule has 7 heteroatoms. The van der Waals surface area contributed by atoms with Crippen LogP contribution in [0.3, 0.4) is 0 Å². The number of aldehydes is 1. The molecule has 1 aliphatic heterocycles. The molecule has 0 N–H and O–H groups in total. The van der Waals surface area contributed by atoms with Crippen molar-refractivity contribution in [2.24, 2.45) is 5.92 Å². The first-order valence-electron chi connectivity index (χ1n) is 13.0. The number of benzene rings is 2. The fraction of sp³-hybridized carbons (Fsp3) is 0.500. The van der Waals surface area contributed by atoms with Crippen molar-refractivity contribution in [3.8, 4) is 0 Å². The molecule has 0 radical (unpaired) electrons. The molecule has 7 nitrogen and oxygen atoms in total. The molecular weight excluding hydrogens is 468 g/mol. The Morgan fingerprint density at radius 1 is 1.05 bits per heavy atom. The number of hydrogen-bond donors (Lipinski definition) is 0. The summed E-state index contributed by atoms with van der Waals surface area (Å²) in [6.07, 6.45) is 2.22. The highest BCUT2D eigenvalue weighted by atomic mass is 16.6. The highest BCUT2D eigenvalue weighted by molar-refractivity contribution is 5.77. The van der Waals surface area contributed by atoms with Crippen LogP contribution in [-0.4, -0.2) is 65.5 Å². The molecule has 200 valence electrons. The van der Waals surface area contributed by atoms with Gasteiger partial charge in [0.1, 0.15) is 24.5 Å². The van der Waals surface area contributed by atoms with E-state index in [9.17, 15) is 14.4 Å². The van der Waals surface area contributed by atoms with E-state index in [0.29, 0.717) is 25.8 Å². The summed E-state index contributed by atoms with van der Waals surface area (Å²) in [6, 6.07) is 18.5. The summed E-state index contributed by atoms with van der Waals surface area (Å²) in [5.41, 5.74) is 1.35. The first-order chi connectivity index (χ1) is 17.6. The molecule has 1 fully saturated rings. The van der Waals surface area contributed by atoms with Crippen molar-refractivity contribution in [2.45, 2.75) is 77.3 Å². The van der Waals surface area contributed by atoms with Crippen molar-refractivity contribution in [1.29, 1.82) is 0 Å². The summed E-state index contributed by atoms with van der Waals surface area (Å²) in [7, 11) is 1.71. The van der Waals surface area contributed by atoms with Crippen LogP contribution in [0.5, 0.6) is 0 Å². The minimum atomic E-state index is -0.648. The number of amides is 1. The molecule has 2 aromatic carbocycles. The third kappa shape index (κ3) is 7.89. The summed E-state index contributed by atoms with van der Waals surface area (Å²) in [4.78, 5) is 42.1. The van der Waals surface area contributed by atoms with E-state index in [1.165, 1.54) is 0 Å². The van der Waals surface area contributed by atoms with Gasteiger partial charge in [0, 0.05) is 31.6 Å². The zero-order valence-corrected chi connectivity index (χ0v) is 22.6. The van der Waals surface area contributed by atoms with Crippen LogP contribution in [0.2, 0.25) is 0 Å². The van der Waals surface area contributed by atoms with Crippen LogP contribution in [0.4, 0.5) is 4.79 Å². The standard InChI is InChI=1S/C30H40N2O5/c1-6-24(20-33)26(17-22-13-9-7-10-14-22)32-19-25(18-27(32)28(34)37-30(2,3)4)31(5)29(35)36-21-23-15-11-8-12-16-23/h7-16,20,24-27H,6,17-19,21H2,1-5H3/t24-,25+,26+,27?/m0/s1. The van der Waals surface area contributed by atoms with Crippen LogP contribution in [-0.2, 0) is 32.1 Å². The van der Waals surface area contributed by atoms with E-state index in [4.69, 9.17) is 9.47 Å². The van der Waals surface area contributed by atoms with Crippen LogP contribution < -0.4 is 0 Å². The second-order valence-corrected chi connectivity index (χ2v) is 10.8. The van der Waals surface area contributed by atoms with E-state index < -0.39 is 17.7 Å². The van der Waals surface area contributed by atoms with Crippen molar-refractivity contribution < 1.29 is 23.9 Å². The molecule has 0 aromatic heterocycles. The minimum absolute atomic E-state index is 0.176. The van der Waals surface area contributed by atoms with Crippen LogP contribution >= 0.6 is 0 Å². The van der Waals surface area contributed by atoms with Gasteiger partial charge in [-0.15, -0.1) is 0 Å². The molecule has 0 bridgehead atoms. The fourth-order valence-corrected chi connectivity index (χ4v) is 4.89. The molecule has 0 aliphatic carbocycles. The number of likely N-dealkylation sites (N-methyl/N-ethyl adjacent to an activating group) is 1. The number of hydrogen-bond acceptors (Lipinski definition) is 6. The number of likely N-dealkylation sites (tertiary alicyclic amines) is 1. The summed E-state index contributed by atoms with van der Waals surface area (Å²) in [6.45, 7) is 8.14. The van der Waals surface area contributed by atoms with Crippen LogP contribution in [0, 0.1) is 5.92 Å². The van der Waals surface area contributed by atoms with Crippen LogP contribution in [0.1, 0.15) is 51.7 Å². The Balaban J connectivity index is 1.84.